The third-order valence-corrected chi connectivity index (χ3v) is 6.46. The molecule has 9 heteroatoms. The molecule has 5 aromatic rings. The van der Waals surface area contributed by atoms with Crippen molar-refractivity contribution >= 4 is 28.4 Å². The van der Waals surface area contributed by atoms with E-state index in [4.69, 9.17) is 4.74 Å². The van der Waals surface area contributed by atoms with Gasteiger partial charge in [-0.25, -0.2) is 0 Å². The van der Waals surface area contributed by atoms with E-state index in [0.29, 0.717) is 11.6 Å². The van der Waals surface area contributed by atoms with Crippen LogP contribution in [0.25, 0.3) is 16.6 Å². The van der Waals surface area contributed by atoms with Crippen LogP contribution in [0.3, 0.4) is 0 Å². The third kappa shape index (κ3) is 4.38. The Balaban J connectivity index is 1.41. The second-order valence-electron chi connectivity index (χ2n) is 7.71. The van der Waals surface area contributed by atoms with Gasteiger partial charge in [-0.15, -0.1) is 10.2 Å². The lowest BCUT2D eigenvalue weighted by atomic mass is 10.2. The van der Waals surface area contributed by atoms with Crippen molar-refractivity contribution < 1.29 is 9.66 Å². The van der Waals surface area contributed by atoms with Gasteiger partial charge in [-0.05, 0) is 42.3 Å². The molecule has 1 N–H and O–H groups in total. The Morgan fingerprint density at radius 3 is 2.65 bits per heavy atom. The summed E-state index contributed by atoms with van der Waals surface area (Å²) in [6.45, 7) is 2.29. The van der Waals surface area contributed by atoms with E-state index < -0.39 is 4.92 Å². The van der Waals surface area contributed by atoms with Crippen LogP contribution in [-0.2, 0) is 12.4 Å². The summed E-state index contributed by atoms with van der Waals surface area (Å²) in [4.78, 5) is 13.8. The Kier molecular flexibility index (Phi) is 6.01. The number of hydrogen-bond acceptors (Lipinski definition) is 6. The van der Waals surface area contributed by atoms with Crippen molar-refractivity contribution in [2.75, 3.05) is 0 Å². The fourth-order valence-corrected chi connectivity index (χ4v) is 4.70. The lowest BCUT2D eigenvalue weighted by Crippen LogP contribution is -2.07. The zero-order chi connectivity index (χ0) is 23.5. The number of ether oxygens (including phenoxy) is 1. The average Bonchev–Trinajstić information content (AvgIpc) is 3.46. The summed E-state index contributed by atoms with van der Waals surface area (Å²) in [5, 5.41) is 21.6. The first-order valence-electron chi connectivity index (χ1n) is 10.7. The van der Waals surface area contributed by atoms with Gasteiger partial charge >= 0.3 is 0 Å². The summed E-state index contributed by atoms with van der Waals surface area (Å²) in [7, 11) is 0. The van der Waals surface area contributed by atoms with Gasteiger partial charge in [0.2, 0.25) is 0 Å². The Morgan fingerprint density at radius 2 is 1.85 bits per heavy atom. The summed E-state index contributed by atoms with van der Waals surface area (Å²) in [5.74, 6) is 2.14. The number of non-ortho nitro benzene ring substituents is 1. The Bertz CT molecular complexity index is 1460. The molecule has 0 aliphatic heterocycles. The Morgan fingerprint density at radius 1 is 1.06 bits per heavy atom. The molecule has 0 atom stereocenters. The van der Waals surface area contributed by atoms with Crippen LogP contribution in [0.1, 0.15) is 17.0 Å². The number of benzene rings is 3. The zero-order valence-electron chi connectivity index (χ0n) is 18.3. The molecule has 0 fully saturated rings. The second-order valence-corrected chi connectivity index (χ2v) is 8.66. The molecule has 2 aromatic heterocycles. The topological polar surface area (TPSA) is 98.9 Å². The van der Waals surface area contributed by atoms with Crippen LogP contribution in [0, 0.1) is 17.0 Å². The summed E-state index contributed by atoms with van der Waals surface area (Å²) < 4.78 is 8.05. The first kappa shape index (κ1) is 21.7. The maximum absolute atomic E-state index is 11.1. The number of thioether (sulfide) groups is 1. The minimum Gasteiger partial charge on any atom is -0.485 e. The van der Waals surface area contributed by atoms with E-state index in [9.17, 15) is 10.1 Å². The van der Waals surface area contributed by atoms with Crippen molar-refractivity contribution in [2.24, 2.45) is 0 Å². The number of aromatic amines is 1. The van der Waals surface area contributed by atoms with Crippen molar-refractivity contribution in [3.05, 3.63) is 106 Å². The quantitative estimate of drug-likeness (QED) is 0.173. The number of nitro benzene ring substituents is 1. The van der Waals surface area contributed by atoms with Gasteiger partial charge in [0.05, 0.1) is 10.4 Å². The van der Waals surface area contributed by atoms with Crippen molar-refractivity contribution in [3.63, 3.8) is 0 Å². The second kappa shape index (κ2) is 9.40. The lowest BCUT2D eigenvalue weighted by Gasteiger charge is -2.12. The van der Waals surface area contributed by atoms with Crippen LogP contribution in [0.5, 0.6) is 5.75 Å². The molecule has 0 aliphatic carbocycles. The molecule has 0 amide bonds. The molecule has 3 aromatic carbocycles. The number of nitro groups is 1. The maximum atomic E-state index is 11.1. The molecule has 34 heavy (non-hydrogen) atoms. The van der Waals surface area contributed by atoms with Gasteiger partial charge in [0, 0.05) is 35.2 Å². The largest absolute Gasteiger partial charge is 0.485 e. The SMILES string of the molecule is Cc1ccccc1OCc1nnc(SCc2c[nH]c3cc([N+](=O)[O-])ccc23)n1-c1ccccc1. The predicted octanol–water partition coefficient (Wildman–Crippen LogP) is 5.84. The van der Waals surface area contributed by atoms with Gasteiger partial charge in [0.25, 0.3) is 5.69 Å². The molecule has 0 radical (unpaired) electrons. The highest BCUT2D eigenvalue weighted by Crippen LogP contribution is 2.30. The zero-order valence-corrected chi connectivity index (χ0v) is 19.2. The van der Waals surface area contributed by atoms with Gasteiger partial charge < -0.3 is 9.72 Å². The normalized spacial score (nSPS) is 11.1. The smallest absolute Gasteiger partial charge is 0.271 e. The van der Waals surface area contributed by atoms with Crippen LogP contribution in [0.2, 0.25) is 0 Å². The molecular weight excluding hydrogens is 450 g/mol. The minimum absolute atomic E-state index is 0.0654. The molecule has 0 unspecified atom stereocenters. The lowest BCUT2D eigenvalue weighted by molar-refractivity contribution is -0.384. The molecule has 2 heterocycles. The van der Waals surface area contributed by atoms with E-state index in [1.807, 2.05) is 72.3 Å². The standard InChI is InChI=1S/C25H21N5O3S/c1-17-7-5-6-10-23(17)33-15-24-27-28-25(29(24)19-8-3-2-4-9-19)34-16-18-14-26-22-13-20(30(31)32)11-12-21(18)22/h2-14,26H,15-16H2,1H3. The van der Waals surface area contributed by atoms with Gasteiger partial charge in [-0.1, -0.05) is 48.2 Å². The number of fused-ring (bicyclic) bond motifs is 1. The van der Waals surface area contributed by atoms with E-state index in [2.05, 4.69) is 15.2 Å². The van der Waals surface area contributed by atoms with E-state index in [1.54, 1.807) is 23.9 Å². The number of hydrogen-bond donors (Lipinski definition) is 1. The molecule has 0 saturated heterocycles. The van der Waals surface area contributed by atoms with Crippen molar-refractivity contribution in [3.8, 4) is 11.4 Å². The number of aromatic nitrogens is 4. The highest BCUT2D eigenvalue weighted by Gasteiger charge is 2.17. The highest BCUT2D eigenvalue weighted by atomic mass is 32.2. The Hall–Kier alpha value is -4.11. The van der Waals surface area contributed by atoms with Crippen LogP contribution < -0.4 is 4.74 Å². The van der Waals surface area contributed by atoms with E-state index in [1.165, 1.54) is 6.07 Å². The Labute approximate surface area is 199 Å². The summed E-state index contributed by atoms with van der Waals surface area (Å²) >= 11 is 1.55. The molecule has 0 spiro atoms. The third-order valence-electron chi connectivity index (χ3n) is 5.48. The van der Waals surface area contributed by atoms with Crippen LogP contribution >= 0.6 is 11.8 Å². The van der Waals surface area contributed by atoms with Gasteiger partial charge in [-0.2, -0.15) is 0 Å². The first-order chi connectivity index (χ1) is 16.6. The first-order valence-corrected chi connectivity index (χ1v) is 11.6. The molecule has 5 rings (SSSR count). The van der Waals surface area contributed by atoms with Crippen LogP contribution in [-0.4, -0.2) is 24.7 Å². The van der Waals surface area contributed by atoms with Gasteiger partial charge in [0.1, 0.15) is 12.4 Å². The van der Waals surface area contributed by atoms with E-state index in [-0.39, 0.29) is 12.3 Å². The number of para-hydroxylation sites is 2. The van der Waals surface area contributed by atoms with Crippen LogP contribution in [0.15, 0.2) is 84.1 Å². The molecular formula is C25H21N5O3S. The molecule has 0 bridgehead atoms. The molecule has 0 aliphatic rings. The number of nitrogens with zero attached hydrogens (tertiary/aromatic N) is 4. The highest BCUT2D eigenvalue weighted by molar-refractivity contribution is 7.98. The summed E-state index contributed by atoms with van der Waals surface area (Å²) in [6, 6.07) is 22.7. The number of aryl methyl sites for hydroxylation is 1. The fourth-order valence-electron chi connectivity index (χ4n) is 3.73. The summed E-state index contributed by atoms with van der Waals surface area (Å²) in [5.41, 5.74) is 3.85. The predicted molar refractivity (Wildman–Crippen MR) is 131 cm³/mol. The van der Waals surface area contributed by atoms with E-state index in [0.717, 1.165) is 38.6 Å². The van der Waals surface area contributed by atoms with Gasteiger partial charge in [0.15, 0.2) is 11.0 Å². The monoisotopic (exact) mass is 471 g/mol. The summed E-state index contributed by atoms with van der Waals surface area (Å²) in [6.07, 6.45) is 1.88. The maximum Gasteiger partial charge on any atom is 0.271 e. The van der Waals surface area contributed by atoms with E-state index >= 15 is 0 Å². The van der Waals surface area contributed by atoms with Crippen molar-refractivity contribution in [1.82, 2.24) is 19.7 Å². The fraction of sp³-hybridized carbons (Fsp3) is 0.120. The number of nitrogens with one attached hydrogen (secondary N) is 1. The van der Waals surface area contributed by atoms with Crippen molar-refractivity contribution in [1.29, 1.82) is 0 Å². The van der Waals surface area contributed by atoms with Crippen molar-refractivity contribution in [2.45, 2.75) is 24.4 Å². The number of H-pyrrole nitrogens is 1. The average molecular weight is 472 g/mol. The molecule has 8 nitrogen and oxygen atoms in total. The molecule has 0 saturated carbocycles. The minimum atomic E-state index is -0.391. The van der Waals surface area contributed by atoms with Gasteiger partial charge in [-0.3, -0.25) is 14.7 Å². The molecule has 170 valence electrons. The van der Waals surface area contributed by atoms with Crippen LogP contribution in [0.4, 0.5) is 5.69 Å². The number of rotatable bonds is 8.